The van der Waals surface area contributed by atoms with Gasteiger partial charge in [-0.1, -0.05) is 98.1 Å². The summed E-state index contributed by atoms with van der Waals surface area (Å²) in [7, 11) is 0. The zero-order valence-electron chi connectivity index (χ0n) is 16.4. The second-order valence-electron chi connectivity index (χ2n) is 7.85. The van der Waals surface area contributed by atoms with E-state index in [9.17, 15) is 0 Å². The van der Waals surface area contributed by atoms with Gasteiger partial charge in [-0.2, -0.15) is 0 Å². The van der Waals surface area contributed by atoms with Crippen LogP contribution in [0.3, 0.4) is 0 Å². The van der Waals surface area contributed by atoms with Gasteiger partial charge in [0.1, 0.15) is 0 Å². The van der Waals surface area contributed by atoms with Crippen LogP contribution in [0.1, 0.15) is 112 Å². The minimum Gasteiger partial charge on any atom is -0.0885 e. The third-order valence-corrected chi connectivity index (χ3v) is 4.90. The molecule has 0 saturated carbocycles. The van der Waals surface area contributed by atoms with Gasteiger partial charge >= 0.3 is 0 Å². The van der Waals surface area contributed by atoms with Crippen molar-refractivity contribution in [3.05, 3.63) is 12.2 Å². The summed E-state index contributed by atoms with van der Waals surface area (Å²) >= 11 is 0. The van der Waals surface area contributed by atoms with Crippen molar-refractivity contribution >= 4 is 0 Å². The lowest BCUT2D eigenvalue weighted by Crippen LogP contribution is -2.05. The summed E-state index contributed by atoms with van der Waals surface area (Å²) in [5, 5.41) is 0. The molecule has 22 heavy (non-hydrogen) atoms. The fourth-order valence-corrected chi connectivity index (χ4v) is 3.24. The van der Waals surface area contributed by atoms with Crippen LogP contribution in [0.4, 0.5) is 0 Å². The Balaban J connectivity index is 3.58. The first-order valence-corrected chi connectivity index (χ1v) is 10.2. The summed E-state index contributed by atoms with van der Waals surface area (Å²) in [6.07, 6.45) is 21.5. The minimum absolute atomic E-state index is 0.880. The Labute approximate surface area is 142 Å². The molecule has 0 bridgehead atoms. The molecule has 0 nitrogen and oxygen atoms in total. The summed E-state index contributed by atoms with van der Waals surface area (Å²) in [5.41, 5.74) is 0. The maximum atomic E-state index is 2.47. The van der Waals surface area contributed by atoms with Gasteiger partial charge in [0.15, 0.2) is 0 Å². The van der Waals surface area contributed by atoms with E-state index in [2.05, 4.69) is 46.8 Å². The molecular formula is C22H44. The van der Waals surface area contributed by atoms with Crippen molar-refractivity contribution in [2.45, 2.75) is 112 Å². The van der Waals surface area contributed by atoms with Crippen molar-refractivity contribution in [3.8, 4) is 0 Å². The van der Waals surface area contributed by atoms with E-state index in [0.717, 1.165) is 17.8 Å². The van der Waals surface area contributed by atoms with Gasteiger partial charge in [0.25, 0.3) is 0 Å². The molecule has 0 N–H and O–H groups in total. The maximum absolute atomic E-state index is 2.47. The van der Waals surface area contributed by atoms with Gasteiger partial charge in [-0.05, 0) is 43.4 Å². The van der Waals surface area contributed by atoms with Gasteiger partial charge in [0.05, 0.1) is 0 Å². The Kier molecular flexibility index (Phi) is 15.4. The highest BCUT2D eigenvalue weighted by Gasteiger charge is 2.09. The average Bonchev–Trinajstić information content (AvgIpc) is 2.49. The highest BCUT2D eigenvalue weighted by Crippen LogP contribution is 2.23. The molecule has 2 atom stereocenters. The van der Waals surface area contributed by atoms with Crippen LogP contribution in [0.5, 0.6) is 0 Å². The smallest absolute Gasteiger partial charge is 0.0322 e. The van der Waals surface area contributed by atoms with E-state index in [1.54, 1.807) is 0 Å². The van der Waals surface area contributed by atoms with Crippen molar-refractivity contribution in [1.82, 2.24) is 0 Å². The normalized spacial score (nSPS) is 14.8. The molecule has 0 rings (SSSR count). The molecule has 0 heteroatoms. The second-order valence-corrected chi connectivity index (χ2v) is 7.85. The molecule has 0 heterocycles. The Bertz CT molecular complexity index is 238. The van der Waals surface area contributed by atoms with E-state index in [1.165, 1.54) is 77.0 Å². The number of unbranched alkanes of at least 4 members (excludes halogenated alkanes) is 5. The predicted molar refractivity (Wildman–Crippen MR) is 103 cm³/mol. The number of hydrogen-bond acceptors (Lipinski definition) is 0. The molecule has 132 valence electrons. The summed E-state index contributed by atoms with van der Waals surface area (Å²) in [6, 6.07) is 0. The van der Waals surface area contributed by atoms with Crippen LogP contribution >= 0.6 is 0 Å². The fourth-order valence-electron chi connectivity index (χ4n) is 3.24. The molecule has 0 fully saturated rings. The second kappa shape index (κ2) is 15.6. The SMILES string of the molecule is CCCCC(C)CC(CC)C/C=C/CCCCCCC(C)C. The van der Waals surface area contributed by atoms with Crippen molar-refractivity contribution in [2.75, 3.05) is 0 Å². The van der Waals surface area contributed by atoms with Crippen LogP contribution in [0.2, 0.25) is 0 Å². The maximum Gasteiger partial charge on any atom is -0.0322 e. The first-order chi connectivity index (χ1) is 10.6. The molecule has 0 aromatic heterocycles. The van der Waals surface area contributed by atoms with Crippen molar-refractivity contribution in [1.29, 1.82) is 0 Å². The van der Waals surface area contributed by atoms with Crippen LogP contribution in [-0.4, -0.2) is 0 Å². The molecule has 0 aliphatic rings. The fraction of sp³-hybridized carbons (Fsp3) is 0.909. The topological polar surface area (TPSA) is 0 Å². The van der Waals surface area contributed by atoms with E-state index in [0.29, 0.717) is 0 Å². The Morgan fingerprint density at radius 2 is 1.50 bits per heavy atom. The van der Waals surface area contributed by atoms with Crippen LogP contribution < -0.4 is 0 Å². The highest BCUT2D eigenvalue weighted by atomic mass is 14.2. The van der Waals surface area contributed by atoms with Crippen LogP contribution in [0.15, 0.2) is 12.2 Å². The van der Waals surface area contributed by atoms with Crippen molar-refractivity contribution in [2.24, 2.45) is 17.8 Å². The third-order valence-electron chi connectivity index (χ3n) is 4.90. The lowest BCUT2D eigenvalue weighted by Gasteiger charge is -2.18. The third kappa shape index (κ3) is 14.7. The lowest BCUT2D eigenvalue weighted by molar-refractivity contribution is 0.360. The van der Waals surface area contributed by atoms with E-state index in [-0.39, 0.29) is 0 Å². The summed E-state index contributed by atoms with van der Waals surface area (Å²) in [6.45, 7) is 11.8. The molecule has 0 saturated heterocycles. The molecule has 0 spiro atoms. The quantitative estimate of drug-likeness (QED) is 0.211. The van der Waals surface area contributed by atoms with Gasteiger partial charge in [-0.25, -0.2) is 0 Å². The molecule has 0 aliphatic carbocycles. The first kappa shape index (κ1) is 21.7. The van der Waals surface area contributed by atoms with Crippen LogP contribution in [-0.2, 0) is 0 Å². The molecule has 2 unspecified atom stereocenters. The number of allylic oxidation sites excluding steroid dienone is 2. The average molecular weight is 309 g/mol. The zero-order chi connectivity index (χ0) is 16.6. The number of rotatable bonds is 15. The van der Waals surface area contributed by atoms with Crippen molar-refractivity contribution in [3.63, 3.8) is 0 Å². The Morgan fingerprint density at radius 1 is 0.773 bits per heavy atom. The monoisotopic (exact) mass is 308 g/mol. The van der Waals surface area contributed by atoms with E-state index in [4.69, 9.17) is 0 Å². The van der Waals surface area contributed by atoms with Gasteiger partial charge in [-0.3, -0.25) is 0 Å². The molecule has 0 aliphatic heterocycles. The Hall–Kier alpha value is -0.260. The summed E-state index contributed by atoms with van der Waals surface area (Å²) in [5.74, 6) is 2.71. The standard InChI is InChI=1S/C22H44/c1-6-8-17-21(5)19-22(7-2)18-15-13-11-9-10-12-14-16-20(3)4/h13,15,20-22H,6-12,14,16-19H2,1-5H3/b15-13+. The first-order valence-electron chi connectivity index (χ1n) is 10.2. The molecule has 0 radical (unpaired) electrons. The highest BCUT2D eigenvalue weighted by molar-refractivity contribution is 4.84. The molecular weight excluding hydrogens is 264 g/mol. The van der Waals surface area contributed by atoms with E-state index >= 15 is 0 Å². The van der Waals surface area contributed by atoms with Gasteiger partial charge < -0.3 is 0 Å². The molecule has 0 amide bonds. The van der Waals surface area contributed by atoms with Crippen LogP contribution in [0, 0.1) is 17.8 Å². The van der Waals surface area contributed by atoms with E-state index < -0.39 is 0 Å². The van der Waals surface area contributed by atoms with E-state index in [1.807, 2.05) is 0 Å². The summed E-state index contributed by atoms with van der Waals surface area (Å²) < 4.78 is 0. The van der Waals surface area contributed by atoms with Crippen molar-refractivity contribution < 1.29 is 0 Å². The van der Waals surface area contributed by atoms with Gasteiger partial charge in [-0.15, -0.1) is 0 Å². The lowest BCUT2D eigenvalue weighted by atomic mass is 9.88. The largest absolute Gasteiger partial charge is 0.0885 e. The molecule has 0 aromatic carbocycles. The minimum atomic E-state index is 0.880. The Morgan fingerprint density at radius 3 is 2.14 bits per heavy atom. The summed E-state index contributed by atoms with van der Waals surface area (Å²) in [4.78, 5) is 0. The zero-order valence-corrected chi connectivity index (χ0v) is 16.4. The number of hydrogen-bond donors (Lipinski definition) is 0. The molecule has 0 aromatic rings. The van der Waals surface area contributed by atoms with Crippen LogP contribution in [0.25, 0.3) is 0 Å². The van der Waals surface area contributed by atoms with Gasteiger partial charge in [0.2, 0.25) is 0 Å². The predicted octanol–water partition coefficient (Wildman–Crippen LogP) is 8.17. The van der Waals surface area contributed by atoms with Gasteiger partial charge in [0, 0.05) is 0 Å².